The maximum Gasteiger partial charge on any atom is 0.421 e. The van der Waals surface area contributed by atoms with Crippen LogP contribution in [0.1, 0.15) is 40.2 Å². The standard InChI is InChI=1S/C16H16ClF3N4O2.C2H6/c1-15(2,3)26-14(25)23-10-6-4-5-9(7-10)22-12-11(16(18,19)20)8-21-13(17)24-12;1-2/h4-8H,1-3H3,(H,23,25)(H,21,22,24);1-2H3. The fourth-order valence-corrected chi connectivity index (χ4v) is 2.03. The number of benzene rings is 1. The molecule has 0 fully saturated rings. The summed E-state index contributed by atoms with van der Waals surface area (Å²) in [6.45, 7) is 9.13. The predicted molar refractivity (Wildman–Crippen MR) is 103 cm³/mol. The van der Waals surface area contributed by atoms with Crippen LogP contribution in [0.4, 0.5) is 35.2 Å². The zero-order valence-corrected chi connectivity index (χ0v) is 16.9. The van der Waals surface area contributed by atoms with Crippen molar-refractivity contribution in [2.75, 3.05) is 10.6 Å². The third kappa shape index (κ3) is 7.59. The number of ether oxygens (including phenoxy) is 1. The summed E-state index contributed by atoms with van der Waals surface area (Å²) in [5.74, 6) is -0.494. The number of hydrogen-bond donors (Lipinski definition) is 2. The summed E-state index contributed by atoms with van der Waals surface area (Å²) in [4.78, 5) is 18.7. The summed E-state index contributed by atoms with van der Waals surface area (Å²) >= 11 is 5.59. The first-order valence-corrected chi connectivity index (χ1v) is 8.79. The molecule has 10 heteroatoms. The molecule has 0 saturated carbocycles. The Hall–Kier alpha value is -2.55. The van der Waals surface area contributed by atoms with Crippen LogP contribution in [0.3, 0.4) is 0 Å². The van der Waals surface area contributed by atoms with E-state index < -0.39 is 29.3 Å². The molecule has 0 radical (unpaired) electrons. The molecule has 1 aromatic carbocycles. The van der Waals surface area contributed by atoms with Gasteiger partial charge in [0.2, 0.25) is 5.28 Å². The van der Waals surface area contributed by atoms with Crippen molar-refractivity contribution in [1.82, 2.24) is 9.97 Å². The van der Waals surface area contributed by atoms with Crippen LogP contribution in [0.5, 0.6) is 0 Å². The van der Waals surface area contributed by atoms with Gasteiger partial charge in [-0.15, -0.1) is 0 Å². The summed E-state index contributed by atoms with van der Waals surface area (Å²) in [6.07, 6.45) is -4.74. The molecule has 1 aromatic heterocycles. The van der Waals surface area contributed by atoms with Gasteiger partial charge in [-0.2, -0.15) is 18.2 Å². The largest absolute Gasteiger partial charge is 0.444 e. The fraction of sp³-hybridized carbons (Fsp3) is 0.389. The molecule has 1 heterocycles. The Morgan fingerprint density at radius 1 is 1.14 bits per heavy atom. The molecule has 0 aliphatic rings. The Morgan fingerprint density at radius 2 is 1.75 bits per heavy atom. The van der Waals surface area contributed by atoms with Gasteiger partial charge in [-0.05, 0) is 50.6 Å². The number of amides is 1. The average molecular weight is 419 g/mol. The Morgan fingerprint density at radius 3 is 2.32 bits per heavy atom. The summed E-state index contributed by atoms with van der Waals surface area (Å²) < 4.78 is 44.3. The lowest BCUT2D eigenvalue weighted by Gasteiger charge is -2.20. The third-order valence-corrected chi connectivity index (χ3v) is 3.02. The predicted octanol–water partition coefficient (Wildman–Crippen LogP) is 6.27. The second-order valence-electron chi connectivity index (χ2n) is 6.23. The number of alkyl halides is 3. The Labute approximate surface area is 166 Å². The molecule has 28 heavy (non-hydrogen) atoms. The lowest BCUT2D eigenvalue weighted by molar-refractivity contribution is -0.137. The van der Waals surface area contributed by atoms with E-state index in [1.165, 1.54) is 12.1 Å². The van der Waals surface area contributed by atoms with E-state index in [-0.39, 0.29) is 11.0 Å². The van der Waals surface area contributed by atoms with Crippen LogP contribution in [-0.4, -0.2) is 21.7 Å². The molecule has 2 rings (SSSR count). The van der Waals surface area contributed by atoms with Crippen LogP contribution >= 0.6 is 11.6 Å². The molecular weight excluding hydrogens is 397 g/mol. The third-order valence-electron chi connectivity index (χ3n) is 2.84. The van der Waals surface area contributed by atoms with E-state index in [0.717, 1.165) is 0 Å². The van der Waals surface area contributed by atoms with Crippen LogP contribution in [0.2, 0.25) is 5.28 Å². The van der Waals surface area contributed by atoms with Gasteiger partial charge in [-0.3, -0.25) is 5.32 Å². The minimum Gasteiger partial charge on any atom is -0.444 e. The van der Waals surface area contributed by atoms with Gasteiger partial charge in [0.1, 0.15) is 17.0 Å². The quantitative estimate of drug-likeness (QED) is 0.575. The Kier molecular flexibility index (Phi) is 8.04. The van der Waals surface area contributed by atoms with Gasteiger partial charge in [0.25, 0.3) is 0 Å². The monoisotopic (exact) mass is 418 g/mol. The van der Waals surface area contributed by atoms with Crippen LogP contribution < -0.4 is 10.6 Å². The summed E-state index contributed by atoms with van der Waals surface area (Å²) in [5.41, 5.74) is -1.15. The minimum atomic E-state index is -4.65. The van der Waals surface area contributed by atoms with Crippen LogP contribution in [0, 0.1) is 0 Å². The summed E-state index contributed by atoms with van der Waals surface area (Å²) in [6, 6.07) is 6.05. The highest BCUT2D eigenvalue weighted by atomic mass is 35.5. The second-order valence-corrected chi connectivity index (χ2v) is 6.57. The van der Waals surface area contributed by atoms with E-state index in [2.05, 4.69) is 20.6 Å². The van der Waals surface area contributed by atoms with Crippen molar-refractivity contribution in [3.8, 4) is 0 Å². The number of rotatable bonds is 3. The van der Waals surface area contributed by atoms with E-state index in [1.54, 1.807) is 32.9 Å². The minimum absolute atomic E-state index is 0.263. The van der Waals surface area contributed by atoms with Gasteiger partial charge >= 0.3 is 12.3 Å². The molecule has 0 spiro atoms. The Bertz CT molecular complexity index is 808. The number of nitrogens with zero attached hydrogens (tertiary/aromatic N) is 2. The van der Waals surface area contributed by atoms with Crippen molar-refractivity contribution in [1.29, 1.82) is 0 Å². The smallest absolute Gasteiger partial charge is 0.421 e. The highest BCUT2D eigenvalue weighted by molar-refractivity contribution is 6.28. The van der Waals surface area contributed by atoms with Crippen molar-refractivity contribution in [3.05, 3.63) is 41.3 Å². The number of hydrogen-bond acceptors (Lipinski definition) is 5. The van der Waals surface area contributed by atoms with E-state index in [1.807, 2.05) is 13.8 Å². The van der Waals surface area contributed by atoms with Crippen LogP contribution in [0.25, 0.3) is 0 Å². The topological polar surface area (TPSA) is 76.1 Å². The number of carbonyl (C=O) groups is 1. The summed E-state index contributed by atoms with van der Waals surface area (Å²) in [7, 11) is 0. The number of nitrogens with one attached hydrogen (secondary N) is 2. The Balaban J connectivity index is 0.00000190. The van der Waals surface area contributed by atoms with Gasteiger partial charge in [0.15, 0.2) is 0 Å². The highest BCUT2D eigenvalue weighted by Gasteiger charge is 2.35. The van der Waals surface area contributed by atoms with Gasteiger partial charge < -0.3 is 10.1 Å². The first-order valence-electron chi connectivity index (χ1n) is 8.41. The zero-order valence-electron chi connectivity index (χ0n) is 16.1. The van der Waals surface area contributed by atoms with Gasteiger partial charge in [0, 0.05) is 17.6 Å². The molecule has 154 valence electrons. The fourth-order valence-electron chi connectivity index (χ4n) is 1.90. The molecule has 2 N–H and O–H groups in total. The molecule has 0 aliphatic heterocycles. The molecule has 0 aliphatic carbocycles. The van der Waals surface area contributed by atoms with Crippen LogP contribution in [0.15, 0.2) is 30.5 Å². The van der Waals surface area contributed by atoms with E-state index in [0.29, 0.717) is 11.9 Å². The van der Waals surface area contributed by atoms with E-state index >= 15 is 0 Å². The maximum absolute atomic E-state index is 13.1. The molecular formula is C18H22ClF3N4O2. The number of halogens is 4. The molecule has 0 unspecified atom stereocenters. The van der Waals surface area contributed by atoms with Crippen molar-refractivity contribution in [2.24, 2.45) is 0 Å². The molecule has 6 nitrogen and oxygen atoms in total. The van der Waals surface area contributed by atoms with E-state index in [9.17, 15) is 18.0 Å². The zero-order chi connectivity index (χ0) is 21.5. The average Bonchev–Trinajstić information content (AvgIpc) is 2.54. The number of anilines is 3. The highest BCUT2D eigenvalue weighted by Crippen LogP contribution is 2.35. The van der Waals surface area contributed by atoms with Crippen molar-refractivity contribution < 1.29 is 22.7 Å². The first kappa shape index (κ1) is 23.5. The second kappa shape index (κ2) is 9.59. The lowest BCUT2D eigenvalue weighted by Crippen LogP contribution is -2.27. The molecule has 2 aromatic rings. The normalized spacial score (nSPS) is 11.2. The van der Waals surface area contributed by atoms with Crippen molar-refractivity contribution in [2.45, 2.75) is 46.4 Å². The maximum atomic E-state index is 13.1. The van der Waals surface area contributed by atoms with Gasteiger partial charge in [0.05, 0.1) is 0 Å². The molecule has 1 amide bonds. The molecule has 0 saturated heterocycles. The van der Waals surface area contributed by atoms with E-state index in [4.69, 9.17) is 16.3 Å². The number of aromatic nitrogens is 2. The number of carbonyl (C=O) groups excluding carboxylic acids is 1. The van der Waals surface area contributed by atoms with Crippen LogP contribution in [-0.2, 0) is 10.9 Å². The van der Waals surface area contributed by atoms with Gasteiger partial charge in [-0.1, -0.05) is 19.9 Å². The van der Waals surface area contributed by atoms with Gasteiger partial charge in [-0.25, -0.2) is 9.78 Å². The summed E-state index contributed by atoms with van der Waals surface area (Å²) in [5, 5.41) is 4.70. The lowest BCUT2D eigenvalue weighted by atomic mass is 10.2. The van der Waals surface area contributed by atoms with Crippen molar-refractivity contribution in [3.63, 3.8) is 0 Å². The first-order chi connectivity index (χ1) is 12.9. The molecule has 0 atom stereocenters. The molecule has 0 bridgehead atoms. The van der Waals surface area contributed by atoms with Crippen molar-refractivity contribution >= 4 is 34.9 Å². The SMILES string of the molecule is CC.CC(C)(C)OC(=O)Nc1cccc(Nc2nc(Cl)ncc2C(F)(F)F)c1.